The second-order valence-electron chi connectivity index (χ2n) is 4.60. The Balaban J connectivity index is 1.87. The lowest BCUT2D eigenvalue weighted by atomic mass is 10.2. The molecule has 0 radical (unpaired) electrons. The smallest absolute Gasteiger partial charge is 0.235 e. The van der Waals surface area contributed by atoms with E-state index < -0.39 is 9.84 Å². The summed E-state index contributed by atoms with van der Waals surface area (Å²) < 4.78 is 23.8. The summed E-state index contributed by atoms with van der Waals surface area (Å²) in [4.78, 5) is 11.4. The lowest BCUT2D eigenvalue weighted by molar-refractivity contribution is -0.118. The first-order valence-corrected chi connectivity index (χ1v) is 7.51. The Morgan fingerprint density at radius 1 is 1.19 bits per heavy atom. The normalized spacial score (nSPS) is 23.0. The van der Waals surface area contributed by atoms with Crippen LogP contribution in [-0.4, -0.2) is 44.5 Å². The van der Waals surface area contributed by atoms with E-state index in [0.29, 0.717) is 12.8 Å². The zero-order valence-electron chi connectivity index (χ0n) is 9.24. The lowest BCUT2D eigenvalue weighted by Gasteiger charge is -2.22. The van der Waals surface area contributed by atoms with Crippen LogP contribution in [0.5, 0.6) is 0 Å². The largest absolute Gasteiger partial charge is 0.352 e. The molecule has 1 saturated carbocycles. The van der Waals surface area contributed by atoms with Gasteiger partial charge >= 0.3 is 0 Å². The third kappa shape index (κ3) is 3.18. The highest BCUT2D eigenvalue weighted by Gasteiger charge is 2.31. The van der Waals surface area contributed by atoms with Crippen molar-refractivity contribution in [2.24, 2.45) is 0 Å². The molecule has 1 aliphatic heterocycles. The van der Waals surface area contributed by atoms with Gasteiger partial charge in [-0.15, -0.1) is 0 Å². The Morgan fingerprint density at radius 3 is 2.38 bits per heavy atom. The standard InChI is InChI=1S/C10H18N2O3S/c13-10(12-8-1-2-8)7-16(14,15)9-3-5-11-6-4-9/h8-9,11H,1-7H2,(H,12,13). The molecule has 2 aliphatic rings. The highest BCUT2D eigenvalue weighted by molar-refractivity contribution is 7.92. The van der Waals surface area contributed by atoms with Gasteiger partial charge in [0.25, 0.3) is 0 Å². The molecule has 0 unspecified atom stereocenters. The molecule has 0 spiro atoms. The van der Waals surface area contributed by atoms with Gasteiger partial charge in [0.1, 0.15) is 5.75 Å². The molecule has 0 aromatic carbocycles. The van der Waals surface area contributed by atoms with Crippen LogP contribution in [-0.2, 0) is 14.6 Å². The molecular formula is C10H18N2O3S. The monoisotopic (exact) mass is 246 g/mol. The van der Waals surface area contributed by atoms with Gasteiger partial charge in [0.2, 0.25) is 5.91 Å². The second-order valence-corrected chi connectivity index (χ2v) is 6.88. The molecule has 2 fully saturated rings. The Morgan fingerprint density at radius 2 is 1.81 bits per heavy atom. The van der Waals surface area contributed by atoms with Gasteiger partial charge in [-0.2, -0.15) is 0 Å². The van der Waals surface area contributed by atoms with Crippen molar-refractivity contribution in [2.45, 2.75) is 37.0 Å². The summed E-state index contributed by atoms with van der Waals surface area (Å²) in [5, 5.41) is 5.50. The van der Waals surface area contributed by atoms with Gasteiger partial charge in [-0.25, -0.2) is 8.42 Å². The van der Waals surface area contributed by atoms with E-state index in [1.807, 2.05) is 0 Å². The predicted molar refractivity (Wildman–Crippen MR) is 60.8 cm³/mol. The molecule has 1 saturated heterocycles. The van der Waals surface area contributed by atoms with Crippen molar-refractivity contribution in [1.29, 1.82) is 0 Å². The van der Waals surface area contributed by atoms with E-state index in [0.717, 1.165) is 25.9 Å². The predicted octanol–water partition coefficient (Wildman–Crippen LogP) is -0.568. The molecule has 2 N–H and O–H groups in total. The van der Waals surface area contributed by atoms with Crippen LogP contribution in [0.25, 0.3) is 0 Å². The third-order valence-corrected chi connectivity index (χ3v) is 5.22. The number of carbonyl (C=O) groups excluding carboxylic acids is 1. The van der Waals surface area contributed by atoms with Crippen molar-refractivity contribution < 1.29 is 13.2 Å². The van der Waals surface area contributed by atoms with E-state index in [2.05, 4.69) is 10.6 Å². The molecule has 0 aromatic heterocycles. The number of nitrogens with one attached hydrogen (secondary N) is 2. The van der Waals surface area contributed by atoms with E-state index in [-0.39, 0.29) is 23.0 Å². The SMILES string of the molecule is O=C(CS(=O)(=O)C1CCNCC1)NC1CC1. The quantitative estimate of drug-likeness (QED) is 0.697. The average molecular weight is 246 g/mol. The molecule has 6 heteroatoms. The highest BCUT2D eigenvalue weighted by atomic mass is 32.2. The summed E-state index contributed by atoms with van der Waals surface area (Å²) in [7, 11) is -3.25. The van der Waals surface area contributed by atoms with Gasteiger partial charge < -0.3 is 10.6 Å². The lowest BCUT2D eigenvalue weighted by Crippen LogP contribution is -2.40. The van der Waals surface area contributed by atoms with Crippen LogP contribution < -0.4 is 10.6 Å². The molecule has 1 amide bonds. The summed E-state index contributed by atoms with van der Waals surface area (Å²) in [6, 6.07) is 0.232. The zero-order valence-corrected chi connectivity index (χ0v) is 10.1. The molecule has 92 valence electrons. The fourth-order valence-corrected chi connectivity index (χ4v) is 3.59. The van der Waals surface area contributed by atoms with E-state index in [4.69, 9.17) is 0 Å². The van der Waals surface area contributed by atoms with Gasteiger partial charge in [0.15, 0.2) is 9.84 Å². The number of hydrogen-bond acceptors (Lipinski definition) is 4. The first-order chi connectivity index (χ1) is 7.58. The minimum absolute atomic E-state index is 0.232. The van der Waals surface area contributed by atoms with E-state index in [1.54, 1.807) is 0 Å². The van der Waals surface area contributed by atoms with E-state index in [1.165, 1.54) is 0 Å². The van der Waals surface area contributed by atoms with Gasteiger partial charge in [-0.05, 0) is 38.8 Å². The van der Waals surface area contributed by atoms with Gasteiger partial charge in [-0.3, -0.25) is 4.79 Å². The molecule has 0 aromatic rings. The summed E-state index contributed by atoms with van der Waals surface area (Å²) in [5.74, 6) is -0.671. The van der Waals surface area contributed by atoms with Crippen LogP contribution in [0.4, 0.5) is 0 Å². The van der Waals surface area contributed by atoms with Gasteiger partial charge in [0, 0.05) is 6.04 Å². The number of sulfone groups is 1. The summed E-state index contributed by atoms with van der Waals surface area (Å²) >= 11 is 0. The molecule has 5 nitrogen and oxygen atoms in total. The first-order valence-electron chi connectivity index (χ1n) is 5.79. The molecule has 16 heavy (non-hydrogen) atoms. The number of amides is 1. The second kappa shape index (κ2) is 4.71. The van der Waals surface area contributed by atoms with Crippen LogP contribution >= 0.6 is 0 Å². The fourth-order valence-electron chi connectivity index (χ4n) is 1.95. The highest BCUT2D eigenvalue weighted by Crippen LogP contribution is 2.19. The zero-order chi connectivity index (χ0) is 11.6. The minimum Gasteiger partial charge on any atom is -0.352 e. The van der Waals surface area contributed by atoms with Crippen molar-refractivity contribution in [1.82, 2.24) is 10.6 Å². The van der Waals surface area contributed by atoms with Crippen LogP contribution in [0, 0.1) is 0 Å². The van der Waals surface area contributed by atoms with E-state index >= 15 is 0 Å². The Hall–Kier alpha value is -0.620. The van der Waals surface area contributed by atoms with Gasteiger partial charge in [0.05, 0.1) is 5.25 Å². The van der Waals surface area contributed by atoms with Crippen molar-refractivity contribution in [2.75, 3.05) is 18.8 Å². The summed E-state index contributed by atoms with van der Waals surface area (Å²) in [6.07, 6.45) is 3.22. The average Bonchev–Trinajstić information content (AvgIpc) is 3.02. The van der Waals surface area contributed by atoms with Crippen molar-refractivity contribution in [3.8, 4) is 0 Å². The molecule has 1 heterocycles. The van der Waals surface area contributed by atoms with Crippen molar-refractivity contribution >= 4 is 15.7 Å². The van der Waals surface area contributed by atoms with Crippen molar-refractivity contribution in [3.05, 3.63) is 0 Å². The van der Waals surface area contributed by atoms with Gasteiger partial charge in [-0.1, -0.05) is 0 Å². The molecule has 1 aliphatic carbocycles. The van der Waals surface area contributed by atoms with Crippen LogP contribution in [0.2, 0.25) is 0 Å². The molecule has 0 atom stereocenters. The first kappa shape index (κ1) is 11.9. The maximum Gasteiger partial charge on any atom is 0.235 e. The number of piperidine rings is 1. The van der Waals surface area contributed by atoms with Crippen molar-refractivity contribution in [3.63, 3.8) is 0 Å². The maximum absolute atomic E-state index is 11.9. The topological polar surface area (TPSA) is 75.3 Å². The Labute approximate surface area is 95.9 Å². The van der Waals surface area contributed by atoms with Crippen LogP contribution in [0.15, 0.2) is 0 Å². The molecule has 0 bridgehead atoms. The number of rotatable bonds is 4. The number of hydrogen-bond donors (Lipinski definition) is 2. The fraction of sp³-hybridized carbons (Fsp3) is 0.900. The Bertz CT molecular complexity index is 356. The summed E-state index contributed by atoms with van der Waals surface area (Å²) in [6.45, 7) is 1.46. The van der Waals surface area contributed by atoms with Crippen LogP contribution in [0.3, 0.4) is 0 Å². The van der Waals surface area contributed by atoms with E-state index in [9.17, 15) is 13.2 Å². The molecular weight excluding hydrogens is 228 g/mol. The Kier molecular flexibility index (Phi) is 3.49. The molecule has 2 rings (SSSR count). The maximum atomic E-state index is 11.9. The van der Waals surface area contributed by atoms with Crippen LogP contribution in [0.1, 0.15) is 25.7 Å². The minimum atomic E-state index is -3.25. The summed E-state index contributed by atoms with van der Waals surface area (Å²) in [5.41, 5.74) is 0. The number of carbonyl (C=O) groups is 1. The third-order valence-electron chi connectivity index (χ3n) is 3.07.